The van der Waals surface area contributed by atoms with Crippen LogP contribution in [0.3, 0.4) is 0 Å². The molecule has 0 fully saturated rings. The fourth-order valence-electron chi connectivity index (χ4n) is 2.89. The fraction of sp³-hybridized carbons (Fsp3) is 0.421. The van der Waals surface area contributed by atoms with Crippen molar-refractivity contribution < 1.29 is 4.74 Å². The Morgan fingerprint density at radius 3 is 2.52 bits per heavy atom. The van der Waals surface area contributed by atoms with Crippen LogP contribution in [0, 0.1) is 0 Å². The maximum atomic E-state index is 6.01. The Bertz CT molecular complexity index is 601. The minimum Gasteiger partial charge on any atom is -0.495 e. The first kappa shape index (κ1) is 17.3. The number of methoxy groups -OCH3 is 1. The van der Waals surface area contributed by atoms with E-state index in [1.165, 1.54) is 11.1 Å². The number of nitrogen functional groups attached to an aromatic ring is 1. The Balaban J connectivity index is 1.94. The second-order valence-corrected chi connectivity index (χ2v) is 5.86. The molecule has 124 valence electrons. The molecule has 0 saturated carbocycles. The second kappa shape index (κ2) is 8.53. The van der Waals surface area contributed by atoms with Crippen molar-refractivity contribution in [2.24, 2.45) is 0 Å². The third-order valence-electron chi connectivity index (χ3n) is 4.29. The van der Waals surface area contributed by atoms with Gasteiger partial charge in [0.05, 0.1) is 12.8 Å². The predicted octanol–water partition coefficient (Wildman–Crippen LogP) is 3.17. The summed E-state index contributed by atoms with van der Waals surface area (Å²) in [7, 11) is 1.64. The van der Waals surface area contributed by atoms with E-state index in [4.69, 9.17) is 10.5 Å². The SMILES string of the molecule is CCN(CCc1ccncc1)C(C)Cc1ccc(OC)c(N)c1. The third-order valence-corrected chi connectivity index (χ3v) is 4.29. The lowest BCUT2D eigenvalue weighted by molar-refractivity contribution is 0.221. The molecule has 2 rings (SSSR count). The molecule has 2 N–H and O–H groups in total. The average Bonchev–Trinajstić information content (AvgIpc) is 2.56. The molecule has 1 unspecified atom stereocenters. The van der Waals surface area contributed by atoms with Gasteiger partial charge in [-0.25, -0.2) is 0 Å². The van der Waals surface area contributed by atoms with Crippen molar-refractivity contribution in [3.05, 3.63) is 53.9 Å². The molecule has 4 nitrogen and oxygen atoms in total. The van der Waals surface area contributed by atoms with E-state index in [0.717, 1.165) is 31.7 Å². The van der Waals surface area contributed by atoms with E-state index in [1.807, 2.05) is 24.5 Å². The zero-order chi connectivity index (χ0) is 16.7. The van der Waals surface area contributed by atoms with Crippen LogP contribution in [0.25, 0.3) is 0 Å². The largest absolute Gasteiger partial charge is 0.495 e. The van der Waals surface area contributed by atoms with Crippen LogP contribution in [0.15, 0.2) is 42.7 Å². The maximum Gasteiger partial charge on any atom is 0.141 e. The van der Waals surface area contributed by atoms with Gasteiger partial charge in [-0.15, -0.1) is 0 Å². The number of hydrogen-bond donors (Lipinski definition) is 1. The van der Waals surface area contributed by atoms with Crippen LogP contribution in [0.5, 0.6) is 5.75 Å². The molecule has 0 radical (unpaired) electrons. The Labute approximate surface area is 139 Å². The van der Waals surface area contributed by atoms with Crippen molar-refractivity contribution in [2.75, 3.05) is 25.9 Å². The summed E-state index contributed by atoms with van der Waals surface area (Å²) in [6.07, 6.45) is 5.74. The molecular weight excluding hydrogens is 286 g/mol. The third kappa shape index (κ3) is 4.96. The summed E-state index contributed by atoms with van der Waals surface area (Å²) in [5.74, 6) is 0.742. The molecule has 4 heteroatoms. The van der Waals surface area contributed by atoms with Crippen molar-refractivity contribution in [3.8, 4) is 5.75 Å². The van der Waals surface area contributed by atoms with Gasteiger partial charge in [-0.2, -0.15) is 0 Å². The lowest BCUT2D eigenvalue weighted by Gasteiger charge is -2.28. The number of benzene rings is 1. The highest BCUT2D eigenvalue weighted by molar-refractivity contribution is 5.54. The molecule has 0 amide bonds. The Morgan fingerprint density at radius 1 is 1.17 bits per heavy atom. The van der Waals surface area contributed by atoms with Gasteiger partial charge in [-0.05, 0) is 61.7 Å². The van der Waals surface area contributed by atoms with Gasteiger partial charge in [-0.3, -0.25) is 4.98 Å². The number of pyridine rings is 1. The summed E-state index contributed by atoms with van der Waals surface area (Å²) in [5, 5.41) is 0. The zero-order valence-electron chi connectivity index (χ0n) is 14.3. The van der Waals surface area contributed by atoms with Gasteiger partial charge in [0.15, 0.2) is 0 Å². The van der Waals surface area contributed by atoms with Crippen molar-refractivity contribution in [2.45, 2.75) is 32.7 Å². The number of anilines is 1. The quantitative estimate of drug-likeness (QED) is 0.761. The Kier molecular flexibility index (Phi) is 6.41. The fourth-order valence-corrected chi connectivity index (χ4v) is 2.89. The molecule has 1 aromatic carbocycles. The molecular formula is C19H27N3O. The van der Waals surface area contributed by atoms with Crippen molar-refractivity contribution in [1.29, 1.82) is 0 Å². The number of nitrogens with two attached hydrogens (primary N) is 1. The molecule has 1 atom stereocenters. The highest BCUT2D eigenvalue weighted by Crippen LogP contribution is 2.23. The molecule has 1 heterocycles. The van der Waals surface area contributed by atoms with Crippen LogP contribution in [0.4, 0.5) is 5.69 Å². The zero-order valence-corrected chi connectivity index (χ0v) is 14.3. The van der Waals surface area contributed by atoms with Crippen LogP contribution in [-0.4, -0.2) is 36.1 Å². The minimum atomic E-state index is 0.467. The van der Waals surface area contributed by atoms with E-state index < -0.39 is 0 Å². The monoisotopic (exact) mass is 313 g/mol. The first-order valence-corrected chi connectivity index (χ1v) is 8.19. The molecule has 0 saturated heterocycles. The standard InChI is InChI=1S/C19H27N3O/c1-4-22(12-9-16-7-10-21-11-8-16)15(2)13-17-5-6-19(23-3)18(20)14-17/h5-8,10-11,14-15H,4,9,12-13,20H2,1-3H3. The lowest BCUT2D eigenvalue weighted by Crippen LogP contribution is -2.36. The molecule has 2 aromatic rings. The highest BCUT2D eigenvalue weighted by Gasteiger charge is 2.13. The Morgan fingerprint density at radius 2 is 1.91 bits per heavy atom. The second-order valence-electron chi connectivity index (χ2n) is 5.86. The highest BCUT2D eigenvalue weighted by atomic mass is 16.5. The van der Waals surface area contributed by atoms with Crippen LogP contribution in [0.1, 0.15) is 25.0 Å². The van der Waals surface area contributed by atoms with Crippen molar-refractivity contribution >= 4 is 5.69 Å². The van der Waals surface area contributed by atoms with E-state index in [-0.39, 0.29) is 0 Å². The topological polar surface area (TPSA) is 51.4 Å². The number of hydrogen-bond acceptors (Lipinski definition) is 4. The molecule has 0 aliphatic carbocycles. The molecule has 0 spiro atoms. The van der Waals surface area contributed by atoms with E-state index >= 15 is 0 Å². The van der Waals surface area contributed by atoms with E-state index in [9.17, 15) is 0 Å². The van der Waals surface area contributed by atoms with Crippen molar-refractivity contribution in [3.63, 3.8) is 0 Å². The molecule has 1 aromatic heterocycles. The number of nitrogens with zero attached hydrogens (tertiary/aromatic N) is 2. The van der Waals surface area contributed by atoms with Gasteiger partial charge in [-0.1, -0.05) is 13.0 Å². The van der Waals surface area contributed by atoms with Gasteiger partial charge in [0, 0.05) is 25.0 Å². The summed E-state index contributed by atoms with van der Waals surface area (Å²) in [6.45, 7) is 6.58. The van der Waals surface area contributed by atoms with Crippen LogP contribution in [0.2, 0.25) is 0 Å². The van der Waals surface area contributed by atoms with E-state index in [0.29, 0.717) is 11.7 Å². The summed E-state index contributed by atoms with van der Waals surface area (Å²) in [5.41, 5.74) is 9.29. The van der Waals surface area contributed by atoms with Crippen LogP contribution in [-0.2, 0) is 12.8 Å². The van der Waals surface area contributed by atoms with E-state index in [1.54, 1.807) is 7.11 Å². The average molecular weight is 313 g/mol. The first-order chi connectivity index (χ1) is 11.1. The Hall–Kier alpha value is -2.07. The summed E-state index contributed by atoms with van der Waals surface area (Å²) in [4.78, 5) is 6.57. The normalized spacial score (nSPS) is 12.3. The van der Waals surface area contributed by atoms with Gasteiger partial charge in [0.2, 0.25) is 0 Å². The maximum absolute atomic E-state index is 6.01. The number of ether oxygens (including phenoxy) is 1. The number of likely N-dealkylation sites (N-methyl/N-ethyl adjacent to an activating group) is 1. The minimum absolute atomic E-state index is 0.467. The molecule has 0 bridgehead atoms. The van der Waals surface area contributed by atoms with Crippen LogP contribution < -0.4 is 10.5 Å². The van der Waals surface area contributed by atoms with Crippen molar-refractivity contribution in [1.82, 2.24) is 9.88 Å². The summed E-state index contributed by atoms with van der Waals surface area (Å²) in [6, 6.07) is 10.7. The number of rotatable bonds is 8. The molecule has 23 heavy (non-hydrogen) atoms. The first-order valence-electron chi connectivity index (χ1n) is 8.19. The smallest absolute Gasteiger partial charge is 0.141 e. The summed E-state index contributed by atoms with van der Waals surface area (Å²) < 4.78 is 5.22. The van der Waals surface area contributed by atoms with E-state index in [2.05, 4.69) is 41.9 Å². The van der Waals surface area contributed by atoms with Gasteiger partial charge >= 0.3 is 0 Å². The van der Waals surface area contributed by atoms with Crippen LogP contribution >= 0.6 is 0 Å². The van der Waals surface area contributed by atoms with Gasteiger partial charge in [0.1, 0.15) is 5.75 Å². The predicted molar refractivity (Wildman–Crippen MR) is 95.8 cm³/mol. The van der Waals surface area contributed by atoms with Gasteiger partial charge < -0.3 is 15.4 Å². The molecule has 0 aliphatic heterocycles. The summed E-state index contributed by atoms with van der Waals surface area (Å²) >= 11 is 0. The lowest BCUT2D eigenvalue weighted by atomic mass is 10.0. The van der Waals surface area contributed by atoms with Gasteiger partial charge in [0.25, 0.3) is 0 Å². The molecule has 0 aliphatic rings. The number of aromatic nitrogens is 1.